The molecule has 29 heteroatoms. The van der Waals surface area contributed by atoms with Gasteiger partial charge in [0, 0.05) is 101 Å². The van der Waals surface area contributed by atoms with E-state index in [9.17, 15) is 47.9 Å². The summed E-state index contributed by atoms with van der Waals surface area (Å²) in [5.41, 5.74) is 12.2. The molecule has 0 aliphatic carbocycles. The highest BCUT2D eigenvalue weighted by atomic mass is 32.2. The number of urea groups is 1. The topological polar surface area (TPSA) is 415 Å². The van der Waals surface area contributed by atoms with Crippen molar-refractivity contribution in [3.8, 4) is 0 Å². The van der Waals surface area contributed by atoms with Crippen molar-refractivity contribution in [1.82, 2.24) is 52.2 Å². The number of ketones is 4. The second-order valence-electron chi connectivity index (χ2n) is 27.0. The molecular formula is C72H132N13O15S+3. The Labute approximate surface area is 605 Å². The van der Waals surface area contributed by atoms with Gasteiger partial charge in [0.15, 0.2) is 5.78 Å². The summed E-state index contributed by atoms with van der Waals surface area (Å²) in [4.78, 5) is 132. The maximum atomic E-state index is 14.2. The number of nitrogens with zero attached hydrogens (tertiary/aromatic N) is 3. The number of hydrogen-bond donors (Lipinski definition) is 10. The van der Waals surface area contributed by atoms with Gasteiger partial charge in [-0.25, -0.2) is 4.79 Å². The van der Waals surface area contributed by atoms with Gasteiger partial charge < -0.3 is 78.1 Å². The van der Waals surface area contributed by atoms with Crippen LogP contribution in [0.2, 0.25) is 0 Å². The summed E-state index contributed by atoms with van der Waals surface area (Å²) in [6.45, 7) is 9.53. The van der Waals surface area contributed by atoms with E-state index in [0.717, 1.165) is 107 Å². The van der Waals surface area contributed by atoms with Crippen molar-refractivity contribution in [1.29, 1.82) is 0 Å². The number of fused-ring (bicyclic) bond motifs is 1. The SMILES string of the molecule is CCC(CCCC[NH3+])C(=O)NC(CCCCNC(=O)CCOCCOCc1cn(C(=O)C(CCCCCC(=O)CCOCCOC)NC(=O)C(CCCCNC(=O)CCOCCCC(=O)CCCCC2SCC3NC(=O)NC32)NC)nn1)C(=O)CC(CCCC[NH3+])C(=O)C(CC)CCCC[NH3+]. The van der Waals surface area contributed by atoms with Crippen LogP contribution in [-0.2, 0) is 68.6 Å². The Morgan fingerprint density at radius 1 is 0.564 bits per heavy atom. The first-order chi connectivity index (χ1) is 49.0. The van der Waals surface area contributed by atoms with Gasteiger partial charge >= 0.3 is 6.03 Å². The number of methoxy groups -OCH3 is 1. The minimum Gasteiger partial charge on any atom is -0.382 e. The van der Waals surface area contributed by atoms with Crippen LogP contribution in [0.25, 0.3) is 0 Å². The van der Waals surface area contributed by atoms with Gasteiger partial charge in [0.2, 0.25) is 23.6 Å². The van der Waals surface area contributed by atoms with Crippen molar-refractivity contribution in [2.75, 3.05) is 105 Å². The third-order valence-corrected chi connectivity index (χ3v) is 20.4. The monoisotopic (exact) mass is 1450 g/mol. The number of unbranched alkanes of at least 4 members (excludes halogenated alkanes) is 8. The van der Waals surface area contributed by atoms with Crippen molar-refractivity contribution >= 4 is 70.5 Å². The number of rotatable bonds is 67. The Hall–Kier alpha value is -5.37. The van der Waals surface area contributed by atoms with Crippen molar-refractivity contribution in [3.05, 3.63) is 11.9 Å². The van der Waals surface area contributed by atoms with Crippen LogP contribution in [0, 0.1) is 17.8 Å². The number of thioether (sulfide) groups is 1. The molecule has 3 rings (SSSR count). The number of Topliss-reactive ketones (excluding diaryl/α,β-unsaturated/α-hetero) is 4. The van der Waals surface area contributed by atoms with E-state index in [1.54, 1.807) is 14.2 Å². The average Bonchev–Trinajstić information content (AvgIpc) is 1.68. The summed E-state index contributed by atoms with van der Waals surface area (Å²) in [5.74, 6) is -0.837. The van der Waals surface area contributed by atoms with E-state index in [4.69, 9.17) is 23.7 Å². The summed E-state index contributed by atoms with van der Waals surface area (Å²) in [5, 5.41) is 29.5. The number of hydrogen-bond acceptors (Lipinski definition) is 19. The molecule has 16 N–H and O–H groups in total. The van der Waals surface area contributed by atoms with Gasteiger partial charge in [-0.15, -0.1) is 5.10 Å². The zero-order valence-electron chi connectivity index (χ0n) is 62.0. The van der Waals surface area contributed by atoms with E-state index in [-0.39, 0.29) is 135 Å². The molecule has 3 heterocycles. The third-order valence-electron chi connectivity index (χ3n) is 18.9. The summed E-state index contributed by atoms with van der Waals surface area (Å²) in [6, 6.07) is -2.03. The molecule has 9 atom stereocenters. The number of ether oxygens (including phenoxy) is 5. The lowest BCUT2D eigenvalue weighted by atomic mass is 9.81. The van der Waals surface area contributed by atoms with Crippen LogP contribution in [0.1, 0.15) is 230 Å². The van der Waals surface area contributed by atoms with E-state index < -0.39 is 30.0 Å². The van der Waals surface area contributed by atoms with Crippen molar-refractivity contribution in [2.24, 2.45) is 17.8 Å². The molecule has 2 fully saturated rings. The fourth-order valence-electron chi connectivity index (χ4n) is 12.6. The first-order valence-electron chi connectivity index (χ1n) is 38.2. The van der Waals surface area contributed by atoms with Gasteiger partial charge in [0.05, 0.1) is 103 Å². The lowest BCUT2D eigenvalue weighted by Crippen LogP contribution is -2.50. The molecule has 28 nitrogen and oxygen atoms in total. The van der Waals surface area contributed by atoms with Gasteiger partial charge in [0.25, 0.3) is 5.91 Å². The van der Waals surface area contributed by atoms with Crippen LogP contribution in [0.15, 0.2) is 6.20 Å². The predicted molar refractivity (Wildman–Crippen MR) is 386 cm³/mol. The Balaban J connectivity index is 1.41. The highest BCUT2D eigenvalue weighted by Gasteiger charge is 2.42. The zero-order valence-corrected chi connectivity index (χ0v) is 62.8. The second-order valence-corrected chi connectivity index (χ2v) is 28.2. The standard InChI is InChI=1S/C72H129N13O15S/c1-5-53(23-12-17-36-73)68(91)55(25-14-19-38-75)49-63(88)59(79-69(92)54(6-2)24-13-18-37-74)29-15-20-39-77-66(90)35-44-99-47-48-100-51-56-50-85(84-83-56)71(94)61(31-9-7-8-26-58(87)33-42-98-46-45-96-4)80-70(93)60(76-3)30-16-21-40-78-65(89)34-43-97-41-22-28-57(86)27-10-11-32-64-67-62(52-101-64)81-72(95)82-67/h50,53-55,59-62,64,67,76H,5-49,51-52,73-75H2,1-4H3,(H,77,90)(H,78,89)(H,79,92)(H,80,93)(H2,81,82,95)/p+3. The Morgan fingerprint density at radius 2 is 1.10 bits per heavy atom. The first-order valence-corrected chi connectivity index (χ1v) is 39.3. The maximum Gasteiger partial charge on any atom is 0.315 e. The molecule has 9 unspecified atom stereocenters. The first kappa shape index (κ1) is 89.8. The van der Waals surface area contributed by atoms with Gasteiger partial charge in [-0.3, -0.25) is 43.2 Å². The highest BCUT2D eigenvalue weighted by molar-refractivity contribution is 8.00. The molecule has 578 valence electrons. The van der Waals surface area contributed by atoms with Gasteiger partial charge in [-0.1, -0.05) is 38.3 Å². The quantitative estimate of drug-likeness (QED) is 0.0330. The molecule has 6 amide bonds. The molecule has 0 bridgehead atoms. The van der Waals surface area contributed by atoms with Crippen LogP contribution in [-0.4, -0.2) is 215 Å². The fraction of sp³-hybridized carbons (Fsp3) is 0.833. The molecule has 0 saturated carbocycles. The smallest absolute Gasteiger partial charge is 0.315 e. The van der Waals surface area contributed by atoms with Crippen molar-refractivity contribution in [3.63, 3.8) is 0 Å². The highest BCUT2D eigenvalue weighted by Crippen LogP contribution is 2.33. The van der Waals surface area contributed by atoms with Crippen LogP contribution < -0.4 is 54.4 Å². The number of likely N-dealkylation sites (N-methyl/N-ethyl adjacent to an activating group) is 1. The van der Waals surface area contributed by atoms with Crippen LogP contribution >= 0.6 is 11.8 Å². The van der Waals surface area contributed by atoms with E-state index in [0.29, 0.717) is 153 Å². The number of carbonyl (C=O) groups is 10. The third kappa shape index (κ3) is 39.9. The van der Waals surface area contributed by atoms with E-state index in [1.807, 2.05) is 25.6 Å². The Bertz CT molecular complexity index is 2520. The molecule has 2 aliphatic rings. The molecule has 0 spiro atoms. The number of quaternary nitrogens is 3. The van der Waals surface area contributed by atoms with Gasteiger partial charge in [-0.05, 0) is 148 Å². The number of amides is 6. The summed E-state index contributed by atoms with van der Waals surface area (Å²) >= 11 is 1.88. The molecule has 1 aromatic rings. The van der Waals surface area contributed by atoms with Crippen LogP contribution in [0.4, 0.5) is 4.79 Å². The number of nitrogens with one attached hydrogen (secondary N) is 7. The molecule has 0 aromatic carbocycles. The van der Waals surface area contributed by atoms with Crippen molar-refractivity contribution in [2.45, 2.75) is 261 Å². The van der Waals surface area contributed by atoms with E-state index >= 15 is 0 Å². The van der Waals surface area contributed by atoms with E-state index in [2.05, 4.69) is 64.7 Å². The maximum absolute atomic E-state index is 14.2. The second kappa shape index (κ2) is 57.0. The summed E-state index contributed by atoms with van der Waals surface area (Å²) < 4.78 is 28.6. The van der Waals surface area contributed by atoms with Crippen LogP contribution in [0.5, 0.6) is 0 Å². The number of aromatic nitrogens is 3. The minimum absolute atomic E-state index is 0.0171. The molecule has 1 aromatic heterocycles. The lowest BCUT2D eigenvalue weighted by molar-refractivity contribution is -0.369. The Morgan fingerprint density at radius 3 is 1.73 bits per heavy atom. The molecular weight excluding hydrogens is 1320 g/mol. The summed E-state index contributed by atoms with van der Waals surface area (Å²) in [7, 11) is 3.26. The van der Waals surface area contributed by atoms with Crippen LogP contribution in [0.3, 0.4) is 0 Å². The van der Waals surface area contributed by atoms with Gasteiger partial charge in [-0.2, -0.15) is 16.4 Å². The normalized spacial score (nSPS) is 16.7. The van der Waals surface area contributed by atoms with E-state index in [1.165, 1.54) is 6.20 Å². The summed E-state index contributed by atoms with van der Waals surface area (Å²) in [6.07, 6.45) is 21.0. The molecule has 2 aliphatic heterocycles. The number of carbonyl (C=O) groups excluding carboxylic acids is 10. The average molecular weight is 1450 g/mol. The molecule has 0 radical (unpaired) electrons. The minimum atomic E-state index is -0.953. The van der Waals surface area contributed by atoms with Crippen molar-refractivity contribution < 1.29 is 88.8 Å². The molecule has 101 heavy (non-hydrogen) atoms. The van der Waals surface area contributed by atoms with Gasteiger partial charge in [0.1, 0.15) is 29.1 Å². The largest absolute Gasteiger partial charge is 0.382 e. The predicted octanol–water partition coefficient (Wildman–Crippen LogP) is 3.46. The lowest BCUT2D eigenvalue weighted by Gasteiger charge is -2.25. The molecule has 2 saturated heterocycles. The Kier molecular flexibility index (Phi) is 50.7. The fourth-order valence-corrected chi connectivity index (χ4v) is 14.2. The zero-order chi connectivity index (χ0) is 73.7.